The Labute approximate surface area is 590 Å². The molecule has 0 saturated heterocycles. The second-order valence-electron chi connectivity index (χ2n) is 25.3. The molecule has 92 heavy (non-hydrogen) atoms. The van der Waals surface area contributed by atoms with Crippen molar-refractivity contribution in [3.05, 3.63) is 165 Å². The SMILES string of the molecule is CCCCCCCCc1ccsc1-c1ccc(-c2ccc(-c3sc(-c4ccc(/C=C/c5cc6cc7sc(-c8cc(CCCCCCCC)c(-c9ccc(-c%10ccc(-c%11sccc%11CCCCCCCC)s%10)s9)s8)cc7cc6s5)cc4)cc3CCCCCCCC)s2)s1. The summed E-state index contributed by atoms with van der Waals surface area (Å²) in [4.78, 5) is 22.6. The first-order chi connectivity index (χ1) is 45.4. The third-order valence-electron chi connectivity index (χ3n) is 18.2. The lowest BCUT2D eigenvalue weighted by atomic mass is 10.0. The van der Waals surface area contributed by atoms with E-state index in [1.54, 1.807) is 0 Å². The monoisotopic (exact) mass is 1400 g/mol. The van der Waals surface area contributed by atoms with E-state index in [0.717, 1.165) is 12.8 Å². The number of hydrogen-bond donors (Lipinski definition) is 0. The van der Waals surface area contributed by atoms with Crippen LogP contribution in [-0.4, -0.2) is 0 Å². The van der Waals surface area contributed by atoms with Crippen molar-refractivity contribution >= 4 is 146 Å². The summed E-state index contributed by atoms with van der Waals surface area (Å²) >= 11 is 19.7. The van der Waals surface area contributed by atoms with E-state index >= 15 is 0 Å². The second kappa shape index (κ2) is 34.6. The first kappa shape index (κ1) is 67.7. The van der Waals surface area contributed by atoms with E-state index in [1.807, 2.05) is 113 Å². The molecule has 0 unspecified atom stereocenters. The molecule has 2 aromatic carbocycles. The minimum absolute atomic E-state index is 1.14. The van der Waals surface area contributed by atoms with Crippen LogP contribution >= 0.6 is 113 Å². The first-order valence-electron chi connectivity index (χ1n) is 35.0. The third-order valence-corrected chi connectivity index (χ3v) is 30.3. The van der Waals surface area contributed by atoms with Crippen LogP contribution in [0, 0.1) is 0 Å². The topological polar surface area (TPSA) is 0 Å². The van der Waals surface area contributed by atoms with Crippen LogP contribution in [0.25, 0.3) is 111 Å². The van der Waals surface area contributed by atoms with E-state index in [-0.39, 0.29) is 0 Å². The van der Waals surface area contributed by atoms with Gasteiger partial charge in [-0.25, -0.2) is 0 Å². The molecule has 0 amide bonds. The Balaban J connectivity index is 0.717. The molecule has 0 radical (unpaired) electrons. The molecular weight excluding hydrogens is 1310 g/mol. The molecule has 12 aromatic rings. The lowest BCUT2D eigenvalue weighted by Gasteiger charge is -2.03. The maximum absolute atomic E-state index is 2.56. The highest BCUT2D eigenvalue weighted by molar-refractivity contribution is 7.31. The van der Waals surface area contributed by atoms with Gasteiger partial charge in [0.15, 0.2) is 0 Å². The molecule has 0 aliphatic rings. The van der Waals surface area contributed by atoms with Gasteiger partial charge in [-0.2, -0.15) is 0 Å². The minimum Gasteiger partial charge on any atom is -0.143 e. The van der Waals surface area contributed by atoms with Crippen LogP contribution in [0.5, 0.6) is 0 Å². The van der Waals surface area contributed by atoms with Crippen LogP contribution in [-0.2, 0) is 25.7 Å². The summed E-state index contributed by atoms with van der Waals surface area (Å²) in [5.74, 6) is 0. The zero-order valence-electron chi connectivity index (χ0n) is 54.7. The summed E-state index contributed by atoms with van der Waals surface area (Å²) in [5.41, 5.74) is 8.68. The lowest BCUT2D eigenvalue weighted by Crippen LogP contribution is -1.86. The molecule has 10 heterocycles. The van der Waals surface area contributed by atoms with Gasteiger partial charge in [0.1, 0.15) is 0 Å². The number of unbranched alkanes of at least 4 members (excludes halogenated alkanes) is 20. The highest BCUT2D eigenvalue weighted by Gasteiger charge is 2.21. The predicted octanol–water partition coefficient (Wildman–Crippen LogP) is 31.7. The van der Waals surface area contributed by atoms with Crippen molar-refractivity contribution in [3.8, 4) is 78.7 Å². The van der Waals surface area contributed by atoms with Gasteiger partial charge in [-0.1, -0.05) is 186 Å². The van der Waals surface area contributed by atoms with E-state index in [1.165, 1.54) is 299 Å². The van der Waals surface area contributed by atoms with E-state index in [4.69, 9.17) is 0 Å². The predicted molar refractivity (Wildman–Crippen MR) is 427 cm³/mol. The smallest absolute Gasteiger partial charge is 0.0481 e. The molecule has 0 N–H and O–H groups in total. The molecule has 10 heteroatoms. The highest BCUT2D eigenvalue weighted by atomic mass is 32.1. The van der Waals surface area contributed by atoms with Gasteiger partial charge in [0, 0.05) is 87.4 Å². The minimum atomic E-state index is 1.14. The molecular formula is C82H92S10. The Morgan fingerprint density at radius 3 is 1.10 bits per heavy atom. The molecule has 0 saturated carbocycles. The number of aryl methyl sites for hydroxylation is 4. The third kappa shape index (κ3) is 17.6. The fourth-order valence-corrected chi connectivity index (χ4v) is 24.2. The number of fused-ring (bicyclic) bond motifs is 2. The zero-order valence-corrected chi connectivity index (χ0v) is 62.9. The molecule has 0 nitrogen and oxygen atoms in total. The van der Waals surface area contributed by atoms with Crippen LogP contribution in [0.3, 0.4) is 0 Å². The van der Waals surface area contributed by atoms with Crippen molar-refractivity contribution in [2.45, 2.75) is 207 Å². The van der Waals surface area contributed by atoms with Gasteiger partial charge in [0.25, 0.3) is 0 Å². The van der Waals surface area contributed by atoms with Crippen molar-refractivity contribution < 1.29 is 0 Å². The molecule has 480 valence electrons. The van der Waals surface area contributed by atoms with Crippen molar-refractivity contribution in [3.63, 3.8) is 0 Å². The van der Waals surface area contributed by atoms with E-state index in [0.29, 0.717) is 0 Å². The van der Waals surface area contributed by atoms with Crippen LogP contribution in [0.2, 0.25) is 0 Å². The molecule has 0 bridgehead atoms. The Kier molecular flexibility index (Phi) is 25.4. The Morgan fingerprint density at radius 2 is 0.630 bits per heavy atom. The Bertz CT molecular complexity index is 4150. The summed E-state index contributed by atoms with van der Waals surface area (Å²) in [6, 6.07) is 48.1. The van der Waals surface area contributed by atoms with Gasteiger partial charge in [0.05, 0.1) is 0 Å². The van der Waals surface area contributed by atoms with Crippen LogP contribution < -0.4 is 0 Å². The number of hydrogen-bond acceptors (Lipinski definition) is 10. The molecule has 0 fully saturated rings. The van der Waals surface area contributed by atoms with E-state index < -0.39 is 0 Å². The number of benzene rings is 2. The van der Waals surface area contributed by atoms with Crippen molar-refractivity contribution in [1.29, 1.82) is 0 Å². The van der Waals surface area contributed by atoms with Gasteiger partial charge >= 0.3 is 0 Å². The average molecular weight is 1400 g/mol. The van der Waals surface area contributed by atoms with Gasteiger partial charge in [-0.05, 0) is 209 Å². The number of thiophene rings is 10. The van der Waals surface area contributed by atoms with E-state index in [9.17, 15) is 0 Å². The molecule has 0 aliphatic carbocycles. The summed E-state index contributed by atoms with van der Waals surface area (Å²) in [6.45, 7) is 9.24. The molecule has 0 spiro atoms. The van der Waals surface area contributed by atoms with Gasteiger partial charge in [0.2, 0.25) is 0 Å². The normalized spacial score (nSPS) is 12.0. The van der Waals surface area contributed by atoms with Crippen molar-refractivity contribution in [2.75, 3.05) is 0 Å². The van der Waals surface area contributed by atoms with Crippen LogP contribution in [0.4, 0.5) is 0 Å². The summed E-state index contributed by atoms with van der Waals surface area (Å²) in [7, 11) is 0. The summed E-state index contributed by atoms with van der Waals surface area (Å²) in [5, 5.41) is 7.31. The van der Waals surface area contributed by atoms with Gasteiger partial charge in [-0.3, -0.25) is 0 Å². The number of rotatable bonds is 38. The standard InChI is InChI=1S/C82H92S10/c1-5-9-13-17-21-25-29-59-47-49-83-79(59)70-43-39-66(86-70)68-41-45-72(88-68)81-61(31-27-23-19-15-11-7-3)52-74(91-81)58-36-33-57(34-37-58)35-38-65-51-63-54-76-64(55-75(63)85-65)56-77(90-76)78-53-62(32-28-24-20-16-12-8-4)82(92-78)73-46-42-69(89-73)67-40-44-71(87-67)80-60(48-50-84-80)30-26-22-18-14-10-6-2/h33-56H,5-32H2,1-4H3/b38-35+. The summed E-state index contributed by atoms with van der Waals surface area (Å²) in [6.07, 6.45) is 41.3. The quantitative estimate of drug-likeness (QED) is 0.0338. The van der Waals surface area contributed by atoms with E-state index in [2.05, 4.69) is 172 Å². The second-order valence-corrected chi connectivity index (χ2v) is 35.8. The summed E-state index contributed by atoms with van der Waals surface area (Å²) < 4.78 is 2.74. The van der Waals surface area contributed by atoms with Gasteiger partial charge in [-0.15, -0.1) is 113 Å². The molecule has 0 atom stereocenters. The fourth-order valence-electron chi connectivity index (χ4n) is 12.9. The van der Waals surface area contributed by atoms with Gasteiger partial charge < -0.3 is 0 Å². The molecule has 10 aromatic heterocycles. The fraction of sp³-hybridized carbons (Fsp3) is 0.390. The highest BCUT2D eigenvalue weighted by Crippen LogP contribution is 2.50. The van der Waals surface area contributed by atoms with Crippen molar-refractivity contribution in [1.82, 2.24) is 0 Å². The zero-order chi connectivity index (χ0) is 62.9. The maximum Gasteiger partial charge on any atom is 0.0481 e. The lowest BCUT2D eigenvalue weighted by molar-refractivity contribution is 0.608. The van der Waals surface area contributed by atoms with Crippen molar-refractivity contribution in [2.24, 2.45) is 0 Å². The first-order valence-corrected chi connectivity index (χ1v) is 43.3. The Morgan fingerprint density at radius 1 is 0.261 bits per heavy atom. The molecule has 12 rings (SSSR count). The Hall–Kier alpha value is -4.30. The largest absolute Gasteiger partial charge is 0.143 e. The van der Waals surface area contributed by atoms with Crippen LogP contribution in [0.15, 0.2) is 132 Å². The van der Waals surface area contributed by atoms with Crippen LogP contribution in [0.1, 0.15) is 214 Å². The average Bonchev–Trinajstić information content (AvgIpc) is 1.66. The molecule has 0 aliphatic heterocycles. The maximum atomic E-state index is 2.56.